The molecule has 0 saturated carbocycles. The average Bonchev–Trinajstić information content (AvgIpc) is 2.83. The summed E-state index contributed by atoms with van der Waals surface area (Å²) in [5, 5.41) is 21.8. The van der Waals surface area contributed by atoms with Crippen molar-refractivity contribution >= 4 is 43.9 Å². The molecule has 10 heteroatoms. The number of carbonyl (C=O) groups is 1. The number of fused-ring (bicyclic) bond motifs is 1. The van der Waals surface area contributed by atoms with Crippen LogP contribution in [0.2, 0.25) is 0 Å². The van der Waals surface area contributed by atoms with E-state index in [-0.39, 0.29) is 16.7 Å². The summed E-state index contributed by atoms with van der Waals surface area (Å²) in [7, 11) is -3.25. The zero-order valence-corrected chi connectivity index (χ0v) is 18.7. The maximum Gasteiger partial charge on any atom is 0.296 e. The Bertz CT molecular complexity index is 1500. The smallest absolute Gasteiger partial charge is 0.296 e. The van der Waals surface area contributed by atoms with E-state index >= 15 is 0 Å². The normalized spacial score (nSPS) is 11.6. The van der Waals surface area contributed by atoms with Gasteiger partial charge in [-0.15, -0.1) is 5.11 Å². The molecule has 0 unspecified atom stereocenters. The Morgan fingerprint density at radius 3 is 2.29 bits per heavy atom. The van der Waals surface area contributed by atoms with Gasteiger partial charge in [-0.2, -0.15) is 13.5 Å². The minimum atomic E-state index is -4.76. The molecule has 0 aliphatic carbocycles. The SMILES string of the molecule is COc1ccc(/N=N/c2c(S(=O)(=O)O)cc3cc(NC(=O)c4ccccc4)ccc3c2O)cc1. The Hall–Kier alpha value is -4.28. The van der Waals surface area contributed by atoms with E-state index in [9.17, 15) is 22.9 Å². The first kappa shape index (κ1) is 22.9. The van der Waals surface area contributed by atoms with E-state index < -0.39 is 26.5 Å². The third-order valence-corrected chi connectivity index (χ3v) is 5.83. The molecule has 0 spiro atoms. The lowest BCUT2D eigenvalue weighted by Gasteiger charge is -2.11. The second-order valence-corrected chi connectivity index (χ2v) is 8.59. The second kappa shape index (κ2) is 9.30. The van der Waals surface area contributed by atoms with Gasteiger partial charge in [0.15, 0.2) is 5.75 Å². The number of carbonyl (C=O) groups excluding carboxylic acids is 1. The maximum atomic E-state index is 12.4. The summed E-state index contributed by atoms with van der Waals surface area (Å²) in [6, 6.07) is 20.7. The number of anilines is 1. The molecule has 0 fully saturated rings. The highest BCUT2D eigenvalue weighted by Gasteiger charge is 2.22. The minimum absolute atomic E-state index is 0.258. The van der Waals surface area contributed by atoms with Crippen molar-refractivity contribution in [2.24, 2.45) is 10.2 Å². The number of methoxy groups -OCH3 is 1. The van der Waals surface area contributed by atoms with Crippen LogP contribution in [0.25, 0.3) is 10.8 Å². The van der Waals surface area contributed by atoms with Crippen LogP contribution in [0.3, 0.4) is 0 Å². The third-order valence-electron chi connectivity index (χ3n) is 4.96. The average molecular weight is 477 g/mol. The van der Waals surface area contributed by atoms with Gasteiger partial charge in [0.25, 0.3) is 16.0 Å². The fourth-order valence-corrected chi connectivity index (χ4v) is 3.93. The summed E-state index contributed by atoms with van der Waals surface area (Å²) in [6.07, 6.45) is 0. The van der Waals surface area contributed by atoms with Crippen LogP contribution in [0, 0.1) is 0 Å². The lowest BCUT2D eigenvalue weighted by atomic mass is 10.1. The van der Waals surface area contributed by atoms with Gasteiger partial charge in [-0.3, -0.25) is 9.35 Å². The molecular formula is C24H19N3O6S. The molecule has 0 atom stereocenters. The van der Waals surface area contributed by atoms with Crippen molar-refractivity contribution in [3.05, 3.63) is 84.4 Å². The fourth-order valence-electron chi connectivity index (χ4n) is 3.27. The number of nitrogens with one attached hydrogen (secondary N) is 1. The number of phenolic OH excluding ortho intramolecular Hbond substituents is 1. The van der Waals surface area contributed by atoms with Gasteiger partial charge in [-0.25, -0.2) is 0 Å². The molecule has 0 heterocycles. The van der Waals surface area contributed by atoms with Crippen LogP contribution >= 0.6 is 0 Å². The topological polar surface area (TPSA) is 138 Å². The number of hydrogen-bond donors (Lipinski definition) is 3. The molecular weight excluding hydrogens is 458 g/mol. The summed E-state index contributed by atoms with van der Waals surface area (Å²) in [5.74, 6) is -0.242. The van der Waals surface area contributed by atoms with Gasteiger partial charge >= 0.3 is 0 Å². The summed E-state index contributed by atoms with van der Waals surface area (Å²) >= 11 is 0. The number of azo groups is 1. The molecule has 4 aromatic carbocycles. The zero-order chi connectivity index (χ0) is 24.3. The maximum absolute atomic E-state index is 12.4. The van der Waals surface area contributed by atoms with Crippen molar-refractivity contribution in [3.8, 4) is 11.5 Å². The van der Waals surface area contributed by atoms with Gasteiger partial charge in [0.1, 0.15) is 16.3 Å². The lowest BCUT2D eigenvalue weighted by molar-refractivity contribution is 0.102. The molecule has 4 aromatic rings. The molecule has 172 valence electrons. The number of hydrogen-bond acceptors (Lipinski definition) is 7. The summed E-state index contributed by atoms with van der Waals surface area (Å²) < 4.78 is 38.9. The van der Waals surface area contributed by atoms with Crippen molar-refractivity contribution in [3.63, 3.8) is 0 Å². The predicted octanol–water partition coefficient (Wildman–Crippen LogP) is 5.47. The molecule has 0 aliphatic rings. The first-order valence-electron chi connectivity index (χ1n) is 9.95. The van der Waals surface area contributed by atoms with Crippen LogP contribution < -0.4 is 10.1 Å². The lowest BCUT2D eigenvalue weighted by Crippen LogP contribution is -2.11. The molecule has 3 N–H and O–H groups in total. The molecule has 0 aliphatic heterocycles. The number of phenols is 1. The van der Waals surface area contributed by atoms with E-state index in [0.29, 0.717) is 22.7 Å². The highest BCUT2D eigenvalue weighted by Crippen LogP contribution is 2.42. The van der Waals surface area contributed by atoms with Crippen molar-refractivity contribution in [2.45, 2.75) is 4.90 Å². The number of amides is 1. The number of nitrogens with zero attached hydrogens (tertiary/aromatic N) is 2. The molecule has 1 amide bonds. The Morgan fingerprint density at radius 1 is 0.941 bits per heavy atom. The Kier molecular flexibility index (Phi) is 6.26. The van der Waals surface area contributed by atoms with Crippen molar-refractivity contribution in [2.75, 3.05) is 12.4 Å². The standard InChI is InChI=1S/C24H19N3O6S/c1-33-19-10-7-17(8-11-19)26-27-22-21(34(30,31)32)14-16-13-18(9-12-20(16)23(22)28)25-24(29)15-5-3-2-4-6-15/h2-14,28H,1H3,(H,25,29)(H,30,31,32)/b27-26+. The van der Waals surface area contributed by atoms with E-state index in [1.807, 2.05) is 0 Å². The highest BCUT2D eigenvalue weighted by atomic mass is 32.2. The van der Waals surface area contributed by atoms with Crippen molar-refractivity contribution < 1.29 is 27.6 Å². The van der Waals surface area contributed by atoms with Gasteiger partial charge in [0, 0.05) is 16.6 Å². The van der Waals surface area contributed by atoms with Crippen molar-refractivity contribution in [1.82, 2.24) is 0 Å². The largest absolute Gasteiger partial charge is 0.505 e. The van der Waals surface area contributed by atoms with Crippen LogP contribution in [0.4, 0.5) is 17.1 Å². The number of ether oxygens (including phenoxy) is 1. The van der Waals surface area contributed by atoms with Crippen LogP contribution in [0.5, 0.6) is 11.5 Å². The molecule has 9 nitrogen and oxygen atoms in total. The quantitative estimate of drug-likeness (QED) is 0.249. The third kappa shape index (κ3) is 4.87. The molecule has 0 saturated heterocycles. The Labute approximate surface area is 195 Å². The van der Waals surface area contributed by atoms with Gasteiger partial charge < -0.3 is 15.2 Å². The summed E-state index contributed by atoms with van der Waals surface area (Å²) in [5.41, 5.74) is 0.778. The van der Waals surface area contributed by atoms with E-state index in [4.69, 9.17) is 4.74 Å². The molecule has 4 rings (SSSR count). The first-order valence-corrected chi connectivity index (χ1v) is 11.4. The number of rotatable bonds is 6. The summed E-state index contributed by atoms with van der Waals surface area (Å²) in [6.45, 7) is 0. The van der Waals surface area contributed by atoms with Crippen LogP contribution in [-0.2, 0) is 10.1 Å². The van der Waals surface area contributed by atoms with E-state index in [0.717, 1.165) is 6.07 Å². The van der Waals surface area contributed by atoms with Gasteiger partial charge in [-0.1, -0.05) is 18.2 Å². The van der Waals surface area contributed by atoms with Crippen LogP contribution in [0.15, 0.2) is 94.0 Å². The zero-order valence-electron chi connectivity index (χ0n) is 17.8. The number of aromatic hydroxyl groups is 1. The first-order chi connectivity index (χ1) is 16.3. The van der Waals surface area contributed by atoms with Crippen LogP contribution in [-0.4, -0.2) is 31.1 Å². The summed E-state index contributed by atoms with van der Waals surface area (Å²) in [4.78, 5) is 11.8. The van der Waals surface area contributed by atoms with Gasteiger partial charge in [-0.05, 0) is 66.0 Å². The van der Waals surface area contributed by atoms with Crippen molar-refractivity contribution in [1.29, 1.82) is 0 Å². The van der Waals surface area contributed by atoms with E-state index in [1.165, 1.54) is 19.2 Å². The Balaban J connectivity index is 1.74. The highest BCUT2D eigenvalue weighted by molar-refractivity contribution is 7.86. The van der Waals surface area contributed by atoms with Gasteiger partial charge in [0.05, 0.1) is 12.8 Å². The minimum Gasteiger partial charge on any atom is -0.505 e. The van der Waals surface area contributed by atoms with Gasteiger partial charge in [0.2, 0.25) is 0 Å². The fraction of sp³-hybridized carbons (Fsp3) is 0.0417. The number of benzene rings is 4. The Morgan fingerprint density at radius 2 is 1.65 bits per heavy atom. The predicted molar refractivity (Wildman–Crippen MR) is 127 cm³/mol. The van der Waals surface area contributed by atoms with E-state index in [2.05, 4.69) is 15.5 Å². The molecule has 34 heavy (non-hydrogen) atoms. The molecule has 0 bridgehead atoms. The second-order valence-electron chi connectivity index (χ2n) is 7.20. The monoisotopic (exact) mass is 477 g/mol. The van der Waals surface area contributed by atoms with E-state index in [1.54, 1.807) is 60.7 Å². The molecule has 0 aromatic heterocycles. The van der Waals surface area contributed by atoms with Crippen LogP contribution in [0.1, 0.15) is 10.4 Å². The molecule has 0 radical (unpaired) electrons.